The van der Waals surface area contributed by atoms with E-state index < -0.39 is 33.1 Å². The van der Waals surface area contributed by atoms with Gasteiger partial charge in [0.2, 0.25) is 0 Å². The van der Waals surface area contributed by atoms with Crippen LogP contribution in [0.25, 0.3) is 10.2 Å². The lowest BCUT2D eigenvalue weighted by Crippen LogP contribution is -2.21. The van der Waals surface area contributed by atoms with Crippen LogP contribution < -0.4 is 9.54 Å². The lowest BCUT2D eigenvalue weighted by molar-refractivity contribution is -0.115. The second-order valence-corrected chi connectivity index (χ2v) is 8.85. The Morgan fingerprint density at radius 1 is 1.28 bits per heavy atom. The summed E-state index contributed by atoms with van der Waals surface area (Å²) in [4.78, 5) is 16.0. The fourth-order valence-corrected chi connectivity index (χ4v) is 4.81. The maximum Gasteiger partial charge on any atom is 0.263 e. The maximum atomic E-state index is 14.2. The molecule has 0 aliphatic carbocycles. The van der Waals surface area contributed by atoms with Crippen LogP contribution in [0.15, 0.2) is 46.3 Å². The molecule has 0 fully saturated rings. The number of carbonyl (C=O) groups excluding carboxylic acids is 1. The lowest BCUT2D eigenvalue weighted by atomic mass is 10.3. The number of hydrogen-bond donors (Lipinski definition) is 0. The first-order valence-electron chi connectivity index (χ1n) is 8.11. The molecule has 2 aromatic carbocycles. The number of terminal acetylenes is 1. The molecule has 0 unspecified atom stereocenters. The summed E-state index contributed by atoms with van der Waals surface area (Å²) in [6.07, 6.45) is 5.30. The van der Waals surface area contributed by atoms with Gasteiger partial charge in [0, 0.05) is 6.07 Å². The second kappa shape index (κ2) is 8.14. The van der Waals surface area contributed by atoms with Gasteiger partial charge >= 0.3 is 0 Å². The number of sulfone groups is 1. The molecule has 0 atom stereocenters. The predicted molar refractivity (Wildman–Crippen MR) is 104 cm³/mol. The predicted octanol–water partition coefficient (Wildman–Crippen LogP) is 2.52. The van der Waals surface area contributed by atoms with Gasteiger partial charge in [-0.25, -0.2) is 17.2 Å². The van der Waals surface area contributed by atoms with Crippen LogP contribution in [0.1, 0.15) is 0 Å². The van der Waals surface area contributed by atoms with E-state index in [1.54, 1.807) is 0 Å². The molecule has 0 aliphatic heterocycles. The van der Waals surface area contributed by atoms with Gasteiger partial charge in [0.05, 0.1) is 28.8 Å². The van der Waals surface area contributed by atoms with Crippen LogP contribution in [-0.2, 0) is 21.2 Å². The third-order valence-electron chi connectivity index (χ3n) is 3.90. The fraction of sp³-hybridized carbons (Fsp3) is 0.158. The number of hydrogen-bond acceptors (Lipinski definition) is 5. The smallest absolute Gasteiger partial charge is 0.263 e. The molecular formula is C19H14F2N2O4S2. The van der Waals surface area contributed by atoms with Crippen molar-refractivity contribution in [3.05, 3.63) is 52.8 Å². The van der Waals surface area contributed by atoms with Gasteiger partial charge in [-0.15, -0.1) is 6.42 Å². The minimum atomic E-state index is -3.95. The van der Waals surface area contributed by atoms with Crippen molar-refractivity contribution < 1.29 is 26.7 Å². The highest BCUT2D eigenvalue weighted by Gasteiger charge is 2.20. The Bertz CT molecular complexity index is 1300. The van der Waals surface area contributed by atoms with Crippen LogP contribution in [-0.4, -0.2) is 31.8 Å². The monoisotopic (exact) mass is 436 g/mol. The second-order valence-electron chi connectivity index (χ2n) is 5.85. The van der Waals surface area contributed by atoms with Gasteiger partial charge in [0.25, 0.3) is 5.91 Å². The quantitative estimate of drug-likeness (QED) is 0.576. The van der Waals surface area contributed by atoms with Crippen molar-refractivity contribution in [2.45, 2.75) is 11.4 Å². The molecule has 0 aliphatic rings. The number of amides is 1. The standard InChI is InChI=1S/C19H14F2N2O4S2/c1-3-8-23-18-15(21)9-12(20)10-16(18)28-19(23)22-17(24)11-29(25,26)14-6-4-13(27-2)5-7-14/h1,4-7,9-10H,8,11H2,2H3. The summed E-state index contributed by atoms with van der Waals surface area (Å²) in [5, 5.41) is 0. The fourth-order valence-electron chi connectivity index (χ4n) is 2.62. The van der Waals surface area contributed by atoms with E-state index in [1.807, 2.05) is 0 Å². The molecule has 3 aromatic rings. The van der Waals surface area contributed by atoms with Gasteiger partial charge in [0.1, 0.15) is 17.3 Å². The lowest BCUT2D eigenvalue weighted by Gasteiger charge is -2.04. The Balaban J connectivity index is 2.00. The van der Waals surface area contributed by atoms with Crippen molar-refractivity contribution in [3.8, 4) is 18.1 Å². The van der Waals surface area contributed by atoms with Crippen molar-refractivity contribution in [1.29, 1.82) is 0 Å². The first-order valence-corrected chi connectivity index (χ1v) is 10.6. The molecule has 0 spiro atoms. The van der Waals surface area contributed by atoms with Crippen LogP contribution in [0.5, 0.6) is 5.75 Å². The van der Waals surface area contributed by atoms with E-state index in [0.29, 0.717) is 11.8 Å². The van der Waals surface area contributed by atoms with Crippen LogP contribution in [0, 0.1) is 24.0 Å². The SMILES string of the molecule is C#CCn1c(=NC(=O)CS(=O)(=O)c2ccc(OC)cc2)sc2cc(F)cc(F)c21. The largest absolute Gasteiger partial charge is 0.497 e. The summed E-state index contributed by atoms with van der Waals surface area (Å²) in [5.41, 5.74) is -0.00101. The highest BCUT2D eigenvalue weighted by molar-refractivity contribution is 7.92. The normalized spacial score (nSPS) is 12.1. The summed E-state index contributed by atoms with van der Waals surface area (Å²) < 4.78 is 59.0. The van der Waals surface area contributed by atoms with Gasteiger partial charge in [-0.2, -0.15) is 4.99 Å². The Labute approximate surface area is 169 Å². The van der Waals surface area contributed by atoms with Crippen molar-refractivity contribution >= 4 is 37.3 Å². The molecular weight excluding hydrogens is 422 g/mol. The Morgan fingerprint density at radius 3 is 2.59 bits per heavy atom. The third kappa shape index (κ3) is 4.36. The summed E-state index contributed by atoms with van der Waals surface area (Å²) in [5.74, 6) is -0.713. The van der Waals surface area contributed by atoms with E-state index in [4.69, 9.17) is 11.2 Å². The zero-order valence-corrected chi connectivity index (χ0v) is 16.7. The van der Waals surface area contributed by atoms with Crippen LogP contribution >= 0.6 is 11.3 Å². The van der Waals surface area contributed by atoms with Crippen LogP contribution in [0.2, 0.25) is 0 Å². The van der Waals surface area contributed by atoms with E-state index in [2.05, 4.69) is 10.9 Å². The topological polar surface area (TPSA) is 77.7 Å². The van der Waals surface area contributed by atoms with Crippen molar-refractivity contribution in [1.82, 2.24) is 4.57 Å². The highest BCUT2D eigenvalue weighted by Crippen LogP contribution is 2.22. The molecule has 3 rings (SSSR count). The van der Waals surface area contributed by atoms with Crippen molar-refractivity contribution in [2.75, 3.05) is 12.9 Å². The molecule has 0 saturated heterocycles. The first-order chi connectivity index (χ1) is 13.7. The van der Waals surface area contributed by atoms with Gasteiger partial charge in [-0.1, -0.05) is 17.3 Å². The van der Waals surface area contributed by atoms with Crippen molar-refractivity contribution in [3.63, 3.8) is 0 Å². The zero-order valence-electron chi connectivity index (χ0n) is 15.1. The number of ether oxygens (including phenoxy) is 1. The van der Waals surface area contributed by atoms with Gasteiger partial charge in [0.15, 0.2) is 20.5 Å². The summed E-state index contributed by atoms with van der Waals surface area (Å²) >= 11 is 0.836. The summed E-state index contributed by atoms with van der Waals surface area (Å²) in [7, 11) is -2.51. The van der Waals surface area contributed by atoms with Gasteiger partial charge < -0.3 is 9.30 Å². The molecule has 1 aromatic heterocycles. The number of aromatic nitrogens is 1. The van der Waals surface area contributed by atoms with E-state index in [9.17, 15) is 22.0 Å². The van der Waals surface area contributed by atoms with Crippen molar-refractivity contribution in [2.24, 2.45) is 4.99 Å². The molecule has 0 N–H and O–H groups in total. The number of methoxy groups -OCH3 is 1. The molecule has 1 amide bonds. The molecule has 10 heteroatoms. The van der Waals surface area contributed by atoms with Gasteiger partial charge in [-0.3, -0.25) is 4.79 Å². The van der Waals surface area contributed by atoms with Crippen LogP contribution in [0.3, 0.4) is 0 Å². The van der Waals surface area contributed by atoms with Gasteiger partial charge in [-0.05, 0) is 30.3 Å². The third-order valence-corrected chi connectivity index (χ3v) is 6.54. The number of fused-ring (bicyclic) bond motifs is 1. The molecule has 0 saturated carbocycles. The molecule has 29 heavy (non-hydrogen) atoms. The Morgan fingerprint density at radius 2 is 1.97 bits per heavy atom. The number of nitrogens with zero attached hydrogens (tertiary/aromatic N) is 2. The van der Waals surface area contributed by atoms with E-state index in [0.717, 1.165) is 17.4 Å². The number of halogens is 2. The highest BCUT2D eigenvalue weighted by atomic mass is 32.2. The average Bonchev–Trinajstić information content (AvgIpc) is 2.98. The number of thiazole rings is 1. The maximum absolute atomic E-state index is 14.2. The Hall–Kier alpha value is -3.03. The zero-order chi connectivity index (χ0) is 21.2. The molecule has 6 nitrogen and oxygen atoms in total. The number of rotatable bonds is 5. The van der Waals surface area contributed by atoms with E-state index >= 15 is 0 Å². The average molecular weight is 436 g/mol. The van der Waals surface area contributed by atoms with E-state index in [1.165, 1.54) is 35.9 Å². The minimum Gasteiger partial charge on any atom is -0.497 e. The first kappa shape index (κ1) is 20.7. The minimum absolute atomic E-state index is 0.00101. The molecule has 1 heterocycles. The molecule has 150 valence electrons. The summed E-state index contributed by atoms with van der Waals surface area (Å²) in [6.45, 7) is -0.125. The van der Waals surface area contributed by atoms with Crippen LogP contribution in [0.4, 0.5) is 8.78 Å². The number of carbonyl (C=O) groups is 1. The Kier molecular flexibility index (Phi) is 5.81. The molecule has 0 bridgehead atoms. The summed E-state index contributed by atoms with van der Waals surface area (Å²) in [6, 6.07) is 7.34. The number of benzene rings is 2. The van der Waals surface area contributed by atoms with E-state index in [-0.39, 0.29) is 26.5 Å². The molecule has 0 radical (unpaired) electrons.